The van der Waals surface area contributed by atoms with E-state index in [2.05, 4.69) is 16.4 Å². The van der Waals surface area contributed by atoms with Gasteiger partial charge in [0.1, 0.15) is 0 Å². The second-order valence-corrected chi connectivity index (χ2v) is 7.37. The van der Waals surface area contributed by atoms with E-state index >= 15 is 0 Å². The highest BCUT2D eigenvalue weighted by molar-refractivity contribution is 7.14. The monoisotopic (exact) mass is 377 g/mol. The van der Waals surface area contributed by atoms with E-state index in [1.165, 1.54) is 11.3 Å². The molecule has 2 amide bonds. The highest BCUT2D eigenvalue weighted by Gasteiger charge is 2.22. The van der Waals surface area contributed by atoms with Crippen molar-refractivity contribution < 1.29 is 9.59 Å². The standard InChI is InChI=1S/C21H19N3O2S/c1-14(25)24-10-9-17-12-16(7-8-19(17)24)18-13-27-21(22-18)23-20(26)11-15-5-3-2-4-6-15/h2-8,12-13H,9-11H2,1H3,(H,22,23,26). The molecule has 0 unspecified atom stereocenters. The minimum absolute atomic E-state index is 0.0681. The Bertz CT molecular complexity index is 998. The lowest BCUT2D eigenvalue weighted by molar-refractivity contribution is -0.117. The minimum atomic E-state index is -0.0758. The Morgan fingerprint density at radius 3 is 2.78 bits per heavy atom. The summed E-state index contributed by atoms with van der Waals surface area (Å²) in [5.41, 5.74) is 4.95. The average molecular weight is 377 g/mol. The number of carbonyl (C=O) groups excluding carboxylic acids is 2. The number of hydrogen-bond donors (Lipinski definition) is 1. The second-order valence-electron chi connectivity index (χ2n) is 6.51. The number of nitrogens with one attached hydrogen (secondary N) is 1. The molecule has 0 atom stereocenters. The van der Waals surface area contributed by atoms with Gasteiger partial charge in [-0.05, 0) is 29.7 Å². The van der Waals surface area contributed by atoms with Crippen LogP contribution in [0.1, 0.15) is 18.1 Å². The van der Waals surface area contributed by atoms with Gasteiger partial charge in [0.25, 0.3) is 0 Å². The maximum atomic E-state index is 12.2. The summed E-state index contributed by atoms with van der Waals surface area (Å²) in [5, 5.41) is 5.41. The van der Waals surface area contributed by atoms with E-state index in [9.17, 15) is 9.59 Å². The van der Waals surface area contributed by atoms with Crippen molar-refractivity contribution in [3.05, 3.63) is 65.0 Å². The summed E-state index contributed by atoms with van der Waals surface area (Å²) in [6.07, 6.45) is 1.18. The molecule has 0 saturated heterocycles. The summed E-state index contributed by atoms with van der Waals surface area (Å²) in [7, 11) is 0. The number of fused-ring (bicyclic) bond motifs is 1. The van der Waals surface area contributed by atoms with Crippen molar-refractivity contribution in [2.75, 3.05) is 16.8 Å². The van der Waals surface area contributed by atoms with Gasteiger partial charge in [0.2, 0.25) is 11.8 Å². The van der Waals surface area contributed by atoms with Gasteiger partial charge >= 0.3 is 0 Å². The Morgan fingerprint density at radius 1 is 1.19 bits per heavy atom. The zero-order valence-corrected chi connectivity index (χ0v) is 15.8. The molecule has 136 valence electrons. The minimum Gasteiger partial charge on any atom is -0.312 e. The van der Waals surface area contributed by atoms with Crippen molar-refractivity contribution >= 4 is 34.0 Å². The quantitative estimate of drug-likeness (QED) is 0.750. The molecular weight excluding hydrogens is 358 g/mol. The summed E-state index contributed by atoms with van der Waals surface area (Å²) in [5.74, 6) is -0.00766. The van der Waals surface area contributed by atoms with E-state index in [-0.39, 0.29) is 11.8 Å². The third kappa shape index (κ3) is 3.75. The average Bonchev–Trinajstić information content (AvgIpc) is 3.28. The third-order valence-corrected chi connectivity index (χ3v) is 5.37. The molecular formula is C21H19N3O2S. The van der Waals surface area contributed by atoms with Gasteiger partial charge in [0, 0.05) is 30.1 Å². The van der Waals surface area contributed by atoms with Crippen LogP contribution in [-0.4, -0.2) is 23.3 Å². The van der Waals surface area contributed by atoms with E-state index in [0.717, 1.165) is 41.0 Å². The first-order valence-corrected chi connectivity index (χ1v) is 9.69. The zero-order chi connectivity index (χ0) is 18.8. The van der Waals surface area contributed by atoms with Crippen molar-refractivity contribution in [3.8, 4) is 11.3 Å². The second kappa shape index (κ2) is 7.32. The molecule has 2 aromatic carbocycles. The Hall–Kier alpha value is -2.99. The van der Waals surface area contributed by atoms with E-state index in [1.807, 2.05) is 47.8 Å². The largest absolute Gasteiger partial charge is 0.312 e. The molecule has 5 nitrogen and oxygen atoms in total. The van der Waals surface area contributed by atoms with E-state index < -0.39 is 0 Å². The lowest BCUT2D eigenvalue weighted by Gasteiger charge is -2.14. The number of benzene rings is 2. The number of anilines is 2. The number of amides is 2. The smallest absolute Gasteiger partial charge is 0.230 e. The van der Waals surface area contributed by atoms with Crippen molar-refractivity contribution in [2.24, 2.45) is 0 Å². The fourth-order valence-electron chi connectivity index (χ4n) is 3.30. The van der Waals surface area contributed by atoms with E-state index in [0.29, 0.717) is 11.6 Å². The van der Waals surface area contributed by atoms with Crippen LogP contribution in [0.5, 0.6) is 0 Å². The maximum Gasteiger partial charge on any atom is 0.230 e. The van der Waals surface area contributed by atoms with Gasteiger partial charge in [-0.15, -0.1) is 11.3 Å². The molecule has 1 aliphatic rings. The Balaban J connectivity index is 1.47. The maximum absolute atomic E-state index is 12.2. The zero-order valence-electron chi connectivity index (χ0n) is 14.9. The molecule has 3 aromatic rings. The Morgan fingerprint density at radius 2 is 2.00 bits per heavy atom. The highest BCUT2D eigenvalue weighted by atomic mass is 32.1. The van der Waals surface area contributed by atoms with Crippen LogP contribution in [0, 0.1) is 0 Å². The van der Waals surface area contributed by atoms with Gasteiger partial charge in [-0.1, -0.05) is 36.4 Å². The number of rotatable bonds is 4. The fraction of sp³-hybridized carbons (Fsp3) is 0.190. The number of hydrogen-bond acceptors (Lipinski definition) is 4. The molecule has 1 aromatic heterocycles. The number of carbonyl (C=O) groups is 2. The van der Waals surface area contributed by atoms with Gasteiger partial charge in [-0.3, -0.25) is 9.59 Å². The van der Waals surface area contributed by atoms with Gasteiger partial charge in [0.15, 0.2) is 5.13 Å². The molecule has 2 heterocycles. The summed E-state index contributed by atoms with van der Waals surface area (Å²) in [6.45, 7) is 2.32. The number of aromatic nitrogens is 1. The van der Waals surface area contributed by atoms with E-state index in [4.69, 9.17) is 0 Å². The van der Waals surface area contributed by atoms with Crippen molar-refractivity contribution in [1.82, 2.24) is 4.98 Å². The first-order chi connectivity index (χ1) is 13.1. The third-order valence-electron chi connectivity index (χ3n) is 4.61. The molecule has 0 spiro atoms. The number of nitrogens with zero attached hydrogens (tertiary/aromatic N) is 2. The van der Waals surface area contributed by atoms with Crippen LogP contribution in [0.4, 0.5) is 10.8 Å². The van der Waals surface area contributed by atoms with Crippen molar-refractivity contribution in [1.29, 1.82) is 0 Å². The van der Waals surface area contributed by atoms with Crippen LogP contribution in [-0.2, 0) is 22.4 Å². The molecule has 0 fully saturated rings. The summed E-state index contributed by atoms with van der Waals surface area (Å²) >= 11 is 1.41. The van der Waals surface area contributed by atoms with Crippen LogP contribution in [0.15, 0.2) is 53.9 Å². The van der Waals surface area contributed by atoms with Gasteiger partial charge in [-0.2, -0.15) is 0 Å². The van der Waals surface area contributed by atoms with Crippen molar-refractivity contribution in [2.45, 2.75) is 19.8 Å². The first kappa shape index (κ1) is 17.4. The molecule has 0 bridgehead atoms. The first-order valence-electron chi connectivity index (χ1n) is 8.81. The molecule has 6 heteroatoms. The predicted octanol–water partition coefficient (Wildman–Crippen LogP) is 3.90. The van der Waals surface area contributed by atoms with Crippen LogP contribution in [0.25, 0.3) is 11.3 Å². The topological polar surface area (TPSA) is 62.3 Å². The fourth-order valence-corrected chi connectivity index (χ4v) is 4.03. The molecule has 0 radical (unpaired) electrons. The van der Waals surface area contributed by atoms with E-state index in [1.54, 1.807) is 11.8 Å². The summed E-state index contributed by atoms with van der Waals surface area (Å²) in [4.78, 5) is 30.2. The molecule has 0 saturated carbocycles. The van der Waals surface area contributed by atoms with Gasteiger partial charge < -0.3 is 10.2 Å². The summed E-state index contributed by atoms with van der Waals surface area (Å²) in [6, 6.07) is 15.7. The molecule has 4 rings (SSSR count). The molecule has 1 aliphatic heterocycles. The summed E-state index contributed by atoms with van der Waals surface area (Å²) < 4.78 is 0. The lowest BCUT2D eigenvalue weighted by Crippen LogP contribution is -2.25. The lowest BCUT2D eigenvalue weighted by atomic mass is 10.1. The molecule has 1 N–H and O–H groups in total. The van der Waals surface area contributed by atoms with Crippen LogP contribution in [0.3, 0.4) is 0 Å². The van der Waals surface area contributed by atoms with Crippen molar-refractivity contribution in [3.63, 3.8) is 0 Å². The van der Waals surface area contributed by atoms with Gasteiger partial charge in [-0.25, -0.2) is 4.98 Å². The van der Waals surface area contributed by atoms with Crippen LogP contribution >= 0.6 is 11.3 Å². The van der Waals surface area contributed by atoms with Gasteiger partial charge in [0.05, 0.1) is 12.1 Å². The normalized spacial score (nSPS) is 12.7. The highest BCUT2D eigenvalue weighted by Crippen LogP contribution is 2.33. The van der Waals surface area contributed by atoms with Crippen LogP contribution < -0.4 is 10.2 Å². The Labute approximate surface area is 161 Å². The Kier molecular flexibility index (Phi) is 4.73. The SMILES string of the molecule is CC(=O)N1CCc2cc(-c3csc(NC(=O)Cc4ccccc4)n3)ccc21. The molecule has 27 heavy (non-hydrogen) atoms. The number of thiazole rings is 1. The van der Waals surface area contributed by atoms with Crippen LogP contribution in [0.2, 0.25) is 0 Å². The predicted molar refractivity (Wildman–Crippen MR) is 108 cm³/mol. The molecule has 0 aliphatic carbocycles.